The Morgan fingerprint density at radius 1 is 1.24 bits per heavy atom. The summed E-state index contributed by atoms with van der Waals surface area (Å²) in [7, 11) is 0. The summed E-state index contributed by atoms with van der Waals surface area (Å²) in [6.45, 7) is 7.74. The second-order valence-electron chi connectivity index (χ2n) is 10.3. The van der Waals surface area contributed by atoms with Gasteiger partial charge in [0, 0.05) is 50.2 Å². The summed E-state index contributed by atoms with van der Waals surface area (Å²) in [5.74, 6) is 6.29. The fourth-order valence-corrected chi connectivity index (χ4v) is 6.58. The molecule has 3 N–H and O–H groups in total. The zero-order chi connectivity index (χ0) is 23.3. The molecule has 0 amide bonds. The second-order valence-corrected chi connectivity index (χ2v) is 10.3. The number of piperazine rings is 1. The molecule has 2 aromatic rings. The number of anilines is 1. The monoisotopic (exact) mass is 468 g/mol. The van der Waals surface area contributed by atoms with Gasteiger partial charge in [0.05, 0.1) is 17.1 Å². The summed E-state index contributed by atoms with van der Waals surface area (Å²) < 4.78 is 21.0. The van der Waals surface area contributed by atoms with Crippen LogP contribution in [0.15, 0.2) is 25.2 Å². The highest BCUT2D eigenvalue weighted by Crippen LogP contribution is 2.43. The van der Waals surface area contributed by atoms with E-state index in [2.05, 4.69) is 31.7 Å². The van der Waals surface area contributed by atoms with E-state index in [-0.39, 0.29) is 17.1 Å². The quantitative estimate of drug-likeness (QED) is 0.466. The van der Waals surface area contributed by atoms with Crippen LogP contribution in [0.5, 0.6) is 6.01 Å². The van der Waals surface area contributed by atoms with Crippen LogP contribution in [0.3, 0.4) is 0 Å². The van der Waals surface area contributed by atoms with Crippen molar-refractivity contribution in [3.63, 3.8) is 0 Å². The maximum atomic E-state index is 14.8. The molecule has 6 rings (SSSR count). The number of pyridine rings is 1. The van der Waals surface area contributed by atoms with Crippen molar-refractivity contribution in [3.05, 3.63) is 31.0 Å². The fraction of sp³-hybridized carbons (Fsp3) is 0.625. The zero-order valence-corrected chi connectivity index (χ0v) is 19.5. The van der Waals surface area contributed by atoms with Crippen LogP contribution in [0.2, 0.25) is 0 Å². The molecule has 4 aliphatic heterocycles. The minimum absolute atomic E-state index is 0.0455. The first-order valence-electron chi connectivity index (χ1n) is 12.4. The number of nitrogens with one attached hydrogen (secondary N) is 1. The molecule has 4 atom stereocenters. The number of aromatic nitrogens is 3. The van der Waals surface area contributed by atoms with Crippen molar-refractivity contribution in [3.8, 4) is 6.01 Å². The molecular formula is C24H33FN8O. The first-order chi connectivity index (χ1) is 16.5. The van der Waals surface area contributed by atoms with Crippen LogP contribution in [0, 0.1) is 5.82 Å². The molecule has 0 spiro atoms. The number of hydrazine groups is 1. The number of halogens is 1. The van der Waals surface area contributed by atoms with E-state index in [1.54, 1.807) is 17.4 Å². The van der Waals surface area contributed by atoms with E-state index in [4.69, 9.17) is 15.6 Å². The normalized spacial score (nSPS) is 30.6. The van der Waals surface area contributed by atoms with Gasteiger partial charge >= 0.3 is 6.01 Å². The third-order valence-corrected chi connectivity index (χ3v) is 8.20. The number of nitrogens with zero attached hydrogens (tertiary/aromatic N) is 6. The molecule has 2 bridgehead atoms. The average molecular weight is 469 g/mol. The van der Waals surface area contributed by atoms with E-state index in [9.17, 15) is 4.39 Å². The summed E-state index contributed by atoms with van der Waals surface area (Å²) in [5.41, 5.74) is 0.228. The molecule has 4 aliphatic rings. The molecule has 0 saturated carbocycles. The van der Waals surface area contributed by atoms with Gasteiger partial charge in [-0.2, -0.15) is 9.97 Å². The number of nitrogens with two attached hydrogens (primary N) is 1. The van der Waals surface area contributed by atoms with Crippen molar-refractivity contribution >= 4 is 16.7 Å². The topological polar surface area (TPSA) is 95.7 Å². The molecule has 182 valence electrons. The predicted octanol–water partition coefficient (Wildman–Crippen LogP) is 1.80. The van der Waals surface area contributed by atoms with Crippen molar-refractivity contribution in [1.82, 2.24) is 30.2 Å². The van der Waals surface area contributed by atoms with Gasteiger partial charge in [-0.05, 0) is 45.1 Å². The van der Waals surface area contributed by atoms with Crippen molar-refractivity contribution in [1.29, 1.82) is 0 Å². The smallest absolute Gasteiger partial charge is 0.319 e. The van der Waals surface area contributed by atoms with Gasteiger partial charge in [-0.15, -0.1) is 0 Å². The standard InChI is InChI=1S/C24H33FN8O/c1-2-32(26)14-18-6-8-24(7-3-9-33(18)24)15-34-23-29-21-19(10-27-11-20(21)25)22(30-23)31-12-16-4-5-17(13-31)28-16/h2,10-11,16-18,28H,1,3-9,12-15,26H2/t16?,17?,18-,24-/m1/s1. The maximum absolute atomic E-state index is 14.8. The van der Waals surface area contributed by atoms with Gasteiger partial charge in [-0.25, -0.2) is 10.2 Å². The third kappa shape index (κ3) is 3.77. The number of fused-ring (bicyclic) bond motifs is 4. The van der Waals surface area contributed by atoms with Crippen LogP contribution in [-0.2, 0) is 0 Å². The van der Waals surface area contributed by atoms with Gasteiger partial charge < -0.3 is 20.0 Å². The van der Waals surface area contributed by atoms with Crippen molar-refractivity contribution < 1.29 is 9.13 Å². The van der Waals surface area contributed by atoms with Gasteiger partial charge in [-0.3, -0.25) is 9.88 Å². The molecule has 4 fully saturated rings. The summed E-state index contributed by atoms with van der Waals surface area (Å²) >= 11 is 0. The van der Waals surface area contributed by atoms with E-state index in [1.165, 1.54) is 6.20 Å². The largest absolute Gasteiger partial charge is 0.461 e. The fourth-order valence-electron chi connectivity index (χ4n) is 6.58. The van der Waals surface area contributed by atoms with Gasteiger partial charge in [0.15, 0.2) is 5.82 Å². The molecule has 34 heavy (non-hydrogen) atoms. The molecule has 2 aromatic heterocycles. The third-order valence-electron chi connectivity index (χ3n) is 8.20. The second kappa shape index (κ2) is 8.58. The number of hydrogen-bond acceptors (Lipinski definition) is 9. The van der Waals surface area contributed by atoms with E-state index < -0.39 is 5.82 Å². The number of hydrogen-bond donors (Lipinski definition) is 2. The van der Waals surface area contributed by atoms with Crippen LogP contribution in [0.1, 0.15) is 38.5 Å². The average Bonchev–Trinajstić information content (AvgIpc) is 3.51. The molecule has 2 unspecified atom stereocenters. The van der Waals surface area contributed by atoms with E-state index in [1.807, 2.05) is 0 Å². The lowest BCUT2D eigenvalue weighted by Crippen LogP contribution is -2.51. The number of ether oxygens (including phenoxy) is 1. The SMILES string of the molecule is C=CN(N)C[C@H]1CC[C@@]2(COc3nc(N4CC5CCC(C4)N5)c4cncc(F)c4n3)CCCN12. The molecule has 0 radical (unpaired) electrons. The van der Waals surface area contributed by atoms with Crippen molar-refractivity contribution in [2.45, 2.75) is 62.2 Å². The molecule has 4 saturated heterocycles. The summed E-state index contributed by atoms with van der Waals surface area (Å²) in [6, 6.07) is 1.50. The Morgan fingerprint density at radius 3 is 2.85 bits per heavy atom. The Kier molecular flexibility index (Phi) is 5.54. The van der Waals surface area contributed by atoms with Gasteiger partial charge in [0.1, 0.15) is 17.9 Å². The molecular weight excluding hydrogens is 435 g/mol. The lowest BCUT2D eigenvalue weighted by Gasteiger charge is -2.36. The van der Waals surface area contributed by atoms with Crippen molar-refractivity contribution in [2.75, 3.05) is 37.7 Å². The van der Waals surface area contributed by atoms with Gasteiger partial charge in [0.2, 0.25) is 0 Å². The van der Waals surface area contributed by atoms with Crippen LogP contribution >= 0.6 is 0 Å². The minimum Gasteiger partial charge on any atom is -0.461 e. The predicted molar refractivity (Wildman–Crippen MR) is 128 cm³/mol. The molecule has 10 heteroatoms. The lowest BCUT2D eigenvalue weighted by molar-refractivity contribution is 0.0765. The van der Waals surface area contributed by atoms with E-state index >= 15 is 0 Å². The van der Waals surface area contributed by atoms with E-state index in [0.29, 0.717) is 30.1 Å². The summed E-state index contributed by atoms with van der Waals surface area (Å²) in [6.07, 6.45) is 11.2. The van der Waals surface area contributed by atoms with Crippen molar-refractivity contribution in [2.24, 2.45) is 5.84 Å². The highest BCUT2D eigenvalue weighted by Gasteiger charge is 2.50. The van der Waals surface area contributed by atoms with Crippen LogP contribution in [0.4, 0.5) is 10.2 Å². The Bertz CT molecular complexity index is 1070. The van der Waals surface area contributed by atoms with Crippen LogP contribution in [0.25, 0.3) is 10.9 Å². The van der Waals surface area contributed by atoms with Gasteiger partial charge in [0.25, 0.3) is 0 Å². The molecule has 6 heterocycles. The Labute approximate surface area is 199 Å². The first-order valence-corrected chi connectivity index (χ1v) is 12.4. The van der Waals surface area contributed by atoms with Crippen LogP contribution in [-0.4, -0.2) is 81.3 Å². The minimum atomic E-state index is -0.446. The molecule has 0 aliphatic carbocycles. The molecule has 0 aromatic carbocycles. The van der Waals surface area contributed by atoms with Gasteiger partial charge in [-0.1, -0.05) is 6.58 Å². The summed E-state index contributed by atoms with van der Waals surface area (Å²) in [5, 5.41) is 5.95. The summed E-state index contributed by atoms with van der Waals surface area (Å²) in [4.78, 5) is 18.2. The zero-order valence-electron chi connectivity index (χ0n) is 19.5. The highest BCUT2D eigenvalue weighted by molar-refractivity contribution is 5.89. The Balaban J connectivity index is 1.27. The van der Waals surface area contributed by atoms with Crippen LogP contribution < -0.4 is 20.8 Å². The Morgan fingerprint density at radius 2 is 2.06 bits per heavy atom. The molecule has 9 nitrogen and oxygen atoms in total. The Hall–Kier alpha value is -2.56. The first kappa shape index (κ1) is 21.9. The lowest BCUT2D eigenvalue weighted by atomic mass is 9.95. The van der Waals surface area contributed by atoms with E-state index in [0.717, 1.165) is 70.5 Å². The maximum Gasteiger partial charge on any atom is 0.319 e. The highest BCUT2D eigenvalue weighted by atomic mass is 19.1. The number of rotatable bonds is 7.